The SMILES string of the molecule is CCC(CC)NC(=O)CNCc1cccc(F)c1. The Morgan fingerprint density at radius 2 is 2.06 bits per heavy atom. The van der Waals surface area contributed by atoms with Gasteiger partial charge in [0.15, 0.2) is 0 Å². The first-order valence-corrected chi connectivity index (χ1v) is 6.40. The van der Waals surface area contributed by atoms with Crippen molar-refractivity contribution in [2.75, 3.05) is 6.54 Å². The Hall–Kier alpha value is -1.42. The summed E-state index contributed by atoms with van der Waals surface area (Å²) in [5.41, 5.74) is 0.838. The Bertz CT molecular complexity index is 378. The van der Waals surface area contributed by atoms with Crippen LogP contribution in [0.2, 0.25) is 0 Å². The summed E-state index contributed by atoms with van der Waals surface area (Å²) in [6.07, 6.45) is 1.87. The maximum atomic E-state index is 12.9. The molecule has 0 atom stereocenters. The maximum Gasteiger partial charge on any atom is 0.234 e. The molecule has 0 bridgehead atoms. The lowest BCUT2D eigenvalue weighted by atomic mass is 10.2. The summed E-state index contributed by atoms with van der Waals surface area (Å²) in [5.74, 6) is -0.268. The van der Waals surface area contributed by atoms with E-state index >= 15 is 0 Å². The largest absolute Gasteiger partial charge is 0.352 e. The fourth-order valence-corrected chi connectivity index (χ4v) is 1.74. The summed E-state index contributed by atoms with van der Waals surface area (Å²) >= 11 is 0. The molecule has 1 rings (SSSR count). The fourth-order valence-electron chi connectivity index (χ4n) is 1.74. The molecule has 0 aromatic heterocycles. The molecular weight excluding hydrogens is 231 g/mol. The molecule has 0 radical (unpaired) electrons. The zero-order chi connectivity index (χ0) is 13.4. The standard InChI is InChI=1S/C14H21FN2O/c1-3-13(4-2)17-14(18)10-16-9-11-6-5-7-12(15)8-11/h5-8,13,16H,3-4,9-10H2,1-2H3,(H,17,18). The summed E-state index contributed by atoms with van der Waals surface area (Å²) in [4.78, 5) is 11.6. The number of rotatable bonds is 7. The van der Waals surface area contributed by atoms with Gasteiger partial charge in [-0.25, -0.2) is 4.39 Å². The normalized spacial score (nSPS) is 10.7. The van der Waals surface area contributed by atoms with E-state index in [4.69, 9.17) is 0 Å². The molecule has 1 aromatic rings. The van der Waals surface area contributed by atoms with E-state index in [1.54, 1.807) is 6.07 Å². The van der Waals surface area contributed by atoms with Gasteiger partial charge in [0, 0.05) is 12.6 Å². The Labute approximate surface area is 108 Å². The van der Waals surface area contributed by atoms with Gasteiger partial charge < -0.3 is 10.6 Å². The van der Waals surface area contributed by atoms with E-state index in [1.165, 1.54) is 12.1 Å². The van der Waals surface area contributed by atoms with Crippen LogP contribution in [0.1, 0.15) is 32.3 Å². The first kappa shape index (κ1) is 14.6. The van der Waals surface area contributed by atoms with Crippen LogP contribution >= 0.6 is 0 Å². The molecule has 0 aliphatic rings. The van der Waals surface area contributed by atoms with Gasteiger partial charge >= 0.3 is 0 Å². The molecule has 0 aliphatic carbocycles. The number of nitrogens with one attached hydrogen (secondary N) is 2. The Balaban J connectivity index is 2.27. The van der Waals surface area contributed by atoms with Crippen molar-refractivity contribution in [3.63, 3.8) is 0 Å². The number of halogens is 1. The van der Waals surface area contributed by atoms with Gasteiger partial charge in [-0.15, -0.1) is 0 Å². The Kier molecular flexibility index (Phi) is 6.36. The van der Waals surface area contributed by atoms with Crippen LogP contribution in [0.3, 0.4) is 0 Å². The fraction of sp³-hybridized carbons (Fsp3) is 0.500. The first-order valence-electron chi connectivity index (χ1n) is 6.40. The molecule has 0 saturated carbocycles. The zero-order valence-corrected chi connectivity index (χ0v) is 11.0. The third-order valence-electron chi connectivity index (χ3n) is 2.85. The number of amides is 1. The smallest absolute Gasteiger partial charge is 0.234 e. The highest BCUT2D eigenvalue weighted by Crippen LogP contribution is 2.02. The molecule has 2 N–H and O–H groups in total. The van der Waals surface area contributed by atoms with Crippen LogP contribution in [-0.2, 0) is 11.3 Å². The minimum Gasteiger partial charge on any atom is -0.352 e. The quantitative estimate of drug-likeness (QED) is 0.781. The molecule has 1 amide bonds. The molecular formula is C14H21FN2O. The summed E-state index contributed by atoms with van der Waals surface area (Å²) < 4.78 is 12.9. The van der Waals surface area contributed by atoms with E-state index in [-0.39, 0.29) is 24.3 Å². The lowest BCUT2D eigenvalue weighted by Crippen LogP contribution is -2.39. The van der Waals surface area contributed by atoms with E-state index in [0.29, 0.717) is 6.54 Å². The van der Waals surface area contributed by atoms with Crippen LogP contribution in [0.25, 0.3) is 0 Å². The molecule has 0 unspecified atom stereocenters. The van der Waals surface area contributed by atoms with Crippen LogP contribution in [0.5, 0.6) is 0 Å². The molecule has 100 valence electrons. The molecule has 0 aliphatic heterocycles. The summed E-state index contributed by atoms with van der Waals surface area (Å²) in [6, 6.07) is 6.61. The molecule has 18 heavy (non-hydrogen) atoms. The third kappa shape index (κ3) is 5.27. The van der Waals surface area contributed by atoms with Crippen molar-refractivity contribution in [1.82, 2.24) is 10.6 Å². The topological polar surface area (TPSA) is 41.1 Å². The van der Waals surface area contributed by atoms with Crippen LogP contribution in [-0.4, -0.2) is 18.5 Å². The molecule has 4 heteroatoms. The van der Waals surface area contributed by atoms with Crippen molar-refractivity contribution in [2.45, 2.75) is 39.3 Å². The minimum atomic E-state index is -0.254. The lowest BCUT2D eigenvalue weighted by molar-refractivity contribution is -0.121. The van der Waals surface area contributed by atoms with E-state index < -0.39 is 0 Å². The Morgan fingerprint density at radius 1 is 1.33 bits per heavy atom. The number of carbonyl (C=O) groups excluding carboxylic acids is 1. The van der Waals surface area contributed by atoms with Crippen LogP contribution in [0, 0.1) is 5.82 Å². The number of benzene rings is 1. The van der Waals surface area contributed by atoms with Gasteiger partial charge in [-0.3, -0.25) is 4.79 Å². The van der Waals surface area contributed by atoms with Crippen LogP contribution < -0.4 is 10.6 Å². The third-order valence-corrected chi connectivity index (χ3v) is 2.85. The van der Waals surface area contributed by atoms with Crippen molar-refractivity contribution in [2.24, 2.45) is 0 Å². The zero-order valence-electron chi connectivity index (χ0n) is 11.0. The predicted molar refractivity (Wildman–Crippen MR) is 70.6 cm³/mol. The van der Waals surface area contributed by atoms with Crippen molar-refractivity contribution < 1.29 is 9.18 Å². The average molecular weight is 252 g/mol. The van der Waals surface area contributed by atoms with Crippen LogP contribution in [0.15, 0.2) is 24.3 Å². The molecule has 0 heterocycles. The molecule has 0 saturated heterocycles. The highest BCUT2D eigenvalue weighted by atomic mass is 19.1. The monoisotopic (exact) mass is 252 g/mol. The minimum absolute atomic E-state index is 0.0138. The van der Waals surface area contributed by atoms with E-state index in [9.17, 15) is 9.18 Å². The van der Waals surface area contributed by atoms with Crippen molar-refractivity contribution in [3.8, 4) is 0 Å². The number of carbonyl (C=O) groups is 1. The molecule has 1 aromatic carbocycles. The molecule has 3 nitrogen and oxygen atoms in total. The van der Waals surface area contributed by atoms with Gasteiger partial charge in [0.05, 0.1) is 6.54 Å². The van der Waals surface area contributed by atoms with Crippen molar-refractivity contribution in [1.29, 1.82) is 0 Å². The lowest BCUT2D eigenvalue weighted by Gasteiger charge is -2.14. The van der Waals surface area contributed by atoms with E-state index in [2.05, 4.69) is 24.5 Å². The summed E-state index contributed by atoms with van der Waals surface area (Å²) in [7, 11) is 0. The van der Waals surface area contributed by atoms with E-state index in [1.807, 2.05) is 6.07 Å². The summed E-state index contributed by atoms with van der Waals surface area (Å²) in [6.45, 7) is 4.85. The first-order chi connectivity index (χ1) is 8.65. The van der Waals surface area contributed by atoms with Gasteiger partial charge in [-0.2, -0.15) is 0 Å². The number of hydrogen-bond acceptors (Lipinski definition) is 2. The van der Waals surface area contributed by atoms with Gasteiger partial charge in [0.25, 0.3) is 0 Å². The average Bonchev–Trinajstić information content (AvgIpc) is 2.36. The van der Waals surface area contributed by atoms with Gasteiger partial charge in [0.2, 0.25) is 5.91 Å². The molecule has 0 fully saturated rings. The second kappa shape index (κ2) is 7.82. The predicted octanol–water partition coefficient (Wildman–Crippen LogP) is 2.22. The van der Waals surface area contributed by atoms with Crippen LogP contribution in [0.4, 0.5) is 4.39 Å². The van der Waals surface area contributed by atoms with Gasteiger partial charge in [-0.05, 0) is 30.5 Å². The van der Waals surface area contributed by atoms with E-state index in [0.717, 1.165) is 18.4 Å². The highest BCUT2D eigenvalue weighted by molar-refractivity contribution is 5.78. The highest BCUT2D eigenvalue weighted by Gasteiger charge is 2.07. The second-order valence-corrected chi connectivity index (χ2v) is 4.31. The van der Waals surface area contributed by atoms with Crippen molar-refractivity contribution in [3.05, 3.63) is 35.6 Å². The van der Waals surface area contributed by atoms with Crippen molar-refractivity contribution >= 4 is 5.91 Å². The number of hydrogen-bond donors (Lipinski definition) is 2. The van der Waals surface area contributed by atoms with Gasteiger partial charge in [-0.1, -0.05) is 26.0 Å². The maximum absolute atomic E-state index is 12.9. The summed E-state index contributed by atoms with van der Waals surface area (Å²) in [5, 5.41) is 5.94. The van der Waals surface area contributed by atoms with Gasteiger partial charge in [0.1, 0.15) is 5.82 Å². The Morgan fingerprint density at radius 3 is 2.67 bits per heavy atom. The second-order valence-electron chi connectivity index (χ2n) is 4.31. The molecule has 0 spiro atoms.